The lowest BCUT2D eigenvalue weighted by atomic mass is 10.1. The first-order valence-corrected chi connectivity index (χ1v) is 6.55. The zero-order valence-electron chi connectivity index (χ0n) is 10.1. The Morgan fingerprint density at radius 1 is 1.35 bits per heavy atom. The molecule has 0 saturated heterocycles. The maximum atomic E-state index is 5.83. The van der Waals surface area contributed by atoms with Gasteiger partial charge >= 0.3 is 0 Å². The highest BCUT2D eigenvalue weighted by molar-refractivity contribution is 7.07. The summed E-state index contributed by atoms with van der Waals surface area (Å²) in [6, 6.07) is 8.46. The van der Waals surface area contributed by atoms with Crippen molar-refractivity contribution in [1.82, 2.24) is 4.98 Å². The molecule has 0 radical (unpaired) electrons. The zero-order chi connectivity index (χ0) is 12.3. The fourth-order valence-electron chi connectivity index (χ4n) is 1.68. The molecule has 0 saturated carbocycles. The van der Waals surface area contributed by atoms with Gasteiger partial charge in [0.1, 0.15) is 0 Å². The van der Waals surface area contributed by atoms with Gasteiger partial charge in [-0.05, 0) is 24.6 Å². The molecule has 3 nitrogen and oxygen atoms in total. The van der Waals surface area contributed by atoms with E-state index < -0.39 is 0 Å². The average Bonchev–Trinajstić information content (AvgIpc) is 2.82. The van der Waals surface area contributed by atoms with Crippen LogP contribution in [0.1, 0.15) is 24.2 Å². The maximum absolute atomic E-state index is 5.83. The molecule has 0 aliphatic carbocycles. The number of hydrogen-bond donors (Lipinski definition) is 1. The second kappa shape index (κ2) is 5.29. The minimum absolute atomic E-state index is 0.0906. The van der Waals surface area contributed by atoms with Gasteiger partial charge < -0.3 is 10.6 Å². The molecular formula is C13H17N3S. The van der Waals surface area contributed by atoms with E-state index >= 15 is 0 Å². The Kier molecular flexibility index (Phi) is 3.76. The molecule has 0 spiro atoms. The van der Waals surface area contributed by atoms with Crippen LogP contribution in [0.5, 0.6) is 0 Å². The quantitative estimate of drug-likeness (QED) is 0.903. The third kappa shape index (κ3) is 3.05. The molecule has 0 fully saturated rings. The summed E-state index contributed by atoms with van der Waals surface area (Å²) in [5.41, 5.74) is 11.1. The predicted molar refractivity (Wildman–Crippen MR) is 73.3 cm³/mol. The molecule has 17 heavy (non-hydrogen) atoms. The smallest absolute Gasteiger partial charge is 0.0795 e. The number of thiazole rings is 1. The summed E-state index contributed by atoms with van der Waals surface area (Å²) in [4.78, 5) is 6.46. The highest BCUT2D eigenvalue weighted by Gasteiger charge is 2.04. The van der Waals surface area contributed by atoms with E-state index in [1.807, 2.05) is 12.4 Å². The second-order valence-electron chi connectivity index (χ2n) is 4.22. The molecule has 1 atom stereocenters. The highest BCUT2D eigenvalue weighted by atomic mass is 32.1. The third-order valence-electron chi connectivity index (χ3n) is 2.74. The van der Waals surface area contributed by atoms with E-state index in [1.165, 1.54) is 5.69 Å². The molecule has 0 aliphatic heterocycles. The van der Waals surface area contributed by atoms with Crippen molar-refractivity contribution in [1.29, 1.82) is 0 Å². The zero-order valence-corrected chi connectivity index (χ0v) is 10.9. The van der Waals surface area contributed by atoms with Crippen molar-refractivity contribution in [3.63, 3.8) is 0 Å². The minimum Gasteiger partial charge on any atom is -0.369 e. The molecule has 0 aliphatic rings. The monoisotopic (exact) mass is 247 g/mol. The van der Waals surface area contributed by atoms with E-state index in [0.717, 1.165) is 17.8 Å². The summed E-state index contributed by atoms with van der Waals surface area (Å²) in [6.45, 7) is 2.83. The molecule has 1 aromatic carbocycles. The first kappa shape index (κ1) is 12.1. The fourth-order valence-corrected chi connectivity index (χ4v) is 2.23. The van der Waals surface area contributed by atoms with E-state index in [-0.39, 0.29) is 6.04 Å². The molecule has 4 heteroatoms. The van der Waals surface area contributed by atoms with E-state index in [2.05, 4.69) is 46.6 Å². The molecule has 0 unspecified atom stereocenters. The van der Waals surface area contributed by atoms with Gasteiger partial charge in [0.15, 0.2) is 0 Å². The Morgan fingerprint density at radius 2 is 2.06 bits per heavy atom. The normalized spacial score (nSPS) is 12.4. The summed E-state index contributed by atoms with van der Waals surface area (Å²) >= 11 is 1.63. The van der Waals surface area contributed by atoms with Gasteiger partial charge in [0.05, 0.1) is 17.7 Å². The number of anilines is 1. The van der Waals surface area contributed by atoms with E-state index in [0.29, 0.717) is 0 Å². The number of rotatable bonds is 4. The number of benzene rings is 1. The summed E-state index contributed by atoms with van der Waals surface area (Å²) < 4.78 is 0. The Hall–Kier alpha value is -1.39. The summed E-state index contributed by atoms with van der Waals surface area (Å²) in [6.07, 6.45) is 0. The molecule has 2 N–H and O–H groups in total. The lowest BCUT2D eigenvalue weighted by Gasteiger charge is -2.18. The van der Waals surface area contributed by atoms with Gasteiger partial charge in [-0.3, -0.25) is 0 Å². The molecule has 2 rings (SSSR count). The number of aromatic nitrogens is 1. The lowest BCUT2D eigenvalue weighted by Crippen LogP contribution is -2.16. The average molecular weight is 247 g/mol. The van der Waals surface area contributed by atoms with Crippen molar-refractivity contribution in [2.24, 2.45) is 5.73 Å². The molecule has 1 heterocycles. The van der Waals surface area contributed by atoms with E-state index in [1.54, 1.807) is 11.3 Å². The van der Waals surface area contributed by atoms with Crippen LogP contribution < -0.4 is 10.6 Å². The summed E-state index contributed by atoms with van der Waals surface area (Å²) in [5, 5.41) is 2.08. The second-order valence-corrected chi connectivity index (χ2v) is 4.93. The van der Waals surface area contributed by atoms with E-state index in [4.69, 9.17) is 5.73 Å². The van der Waals surface area contributed by atoms with Crippen LogP contribution in [0.15, 0.2) is 35.2 Å². The van der Waals surface area contributed by atoms with Gasteiger partial charge in [-0.25, -0.2) is 4.98 Å². The van der Waals surface area contributed by atoms with Crippen LogP contribution in [0.2, 0.25) is 0 Å². The number of nitrogens with zero attached hydrogens (tertiary/aromatic N) is 2. The molecule has 90 valence electrons. The Morgan fingerprint density at radius 3 is 2.59 bits per heavy atom. The molecule has 1 aromatic heterocycles. The van der Waals surface area contributed by atoms with Crippen LogP contribution in [-0.4, -0.2) is 12.0 Å². The first-order chi connectivity index (χ1) is 8.16. The molecular weight excluding hydrogens is 230 g/mol. The van der Waals surface area contributed by atoms with Crippen molar-refractivity contribution < 1.29 is 0 Å². The van der Waals surface area contributed by atoms with Gasteiger partial charge in [-0.2, -0.15) is 0 Å². The third-order valence-corrected chi connectivity index (χ3v) is 3.38. The Bertz CT molecular complexity index is 448. The SMILES string of the molecule is C[C@H](N)c1ccc(N(C)Cc2cscn2)cc1. The van der Waals surface area contributed by atoms with Gasteiger partial charge in [0.2, 0.25) is 0 Å². The summed E-state index contributed by atoms with van der Waals surface area (Å²) in [7, 11) is 2.07. The van der Waals surface area contributed by atoms with Gasteiger partial charge in [0.25, 0.3) is 0 Å². The van der Waals surface area contributed by atoms with Crippen molar-refractivity contribution in [2.45, 2.75) is 19.5 Å². The van der Waals surface area contributed by atoms with Gasteiger partial charge in [-0.1, -0.05) is 12.1 Å². The van der Waals surface area contributed by atoms with Gasteiger partial charge in [0, 0.05) is 24.2 Å². The van der Waals surface area contributed by atoms with Crippen molar-refractivity contribution in [2.75, 3.05) is 11.9 Å². The van der Waals surface area contributed by atoms with Crippen molar-refractivity contribution in [3.8, 4) is 0 Å². The first-order valence-electron chi connectivity index (χ1n) is 5.60. The highest BCUT2D eigenvalue weighted by Crippen LogP contribution is 2.18. The van der Waals surface area contributed by atoms with E-state index in [9.17, 15) is 0 Å². The maximum Gasteiger partial charge on any atom is 0.0795 e. The van der Waals surface area contributed by atoms with Crippen LogP contribution >= 0.6 is 11.3 Å². The Labute approximate surface area is 106 Å². The molecule has 0 bridgehead atoms. The van der Waals surface area contributed by atoms with Crippen LogP contribution in [-0.2, 0) is 6.54 Å². The van der Waals surface area contributed by atoms with Crippen molar-refractivity contribution in [3.05, 3.63) is 46.4 Å². The predicted octanol–water partition coefficient (Wildman–Crippen LogP) is 2.80. The standard InChI is InChI=1S/C13H17N3S/c1-10(14)11-3-5-13(6-4-11)16(2)7-12-8-17-9-15-12/h3-6,8-10H,7,14H2,1-2H3/t10-/m0/s1. The number of hydrogen-bond acceptors (Lipinski definition) is 4. The van der Waals surface area contributed by atoms with Crippen molar-refractivity contribution >= 4 is 17.0 Å². The van der Waals surface area contributed by atoms with Crippen LogP contribution in [0.3, 0.4) is 0 Å². The minimum atomic E-state index is 0.0906. The van der Waals surface area contributed by atoms with Gasteiger partial charge in [-0.15, -0.1) is 11.3 Å². The summed E-state index contributed by atoms with van der Waals surface area (Å²) in [5.74, 6) is 0. The van der Waals surface area contributed by atoms with Crippen LogP contribution in [0, 0.1) is 0 Å². The lowest BCUT2D eigenvalue weighted by molar-refractivity contribution is 0.816. The van der Waals surface area contributed by atoms with Crippen LogP contribution in [0.25, 0.3) is 0 Å². The largest absolute Gasteiger partial charge is 0.369 e. The fraction of sp³-hybridized carbons (Fsp3) is 0.308. The van der Waals surface area contributed by atoms with Crippen LogP contribution in [0.4, 0.5) is 5.69 Å². The number of nitrogens with two attached hydrogens (primary N) is 1. The Balaban J connectivity index is 2.06. The molecule has 2 aromatic rings. The molecule has 0 amide bonds. The topological polar surface area (TPSA) is 42.1 Å².